The van der Waals surface area contributed by atoms with E-state index in [1.54, 1.807) is 6.07 Å². The van der Waals surface area contributed by atoms with Crippen molar-refractivity contribution in [2.45, 2.75) is 57.1 Å². The molecule has 1 amide bonds. The van der Waals surface area contributed by atoms with Gasteiger partial charge in [-0.15, -0.1) is 11.8 Å². The fourth-order valence-corrected chi connectivity index (χ4v) is 4.46. The summed E-state index contributed by atoms with van der Waals surface area (Å²) in [6.45, 7) is 8.47. The van der Waals surface area contributed by atoms with E-state index in [4.69, 9.17) is 9.47 Å². The number of halogens is 1. The Morgan fingerprint density at radius 2 is 2.00 bits per heavy atom. The molecule has 2 aliphatic rings. The monoisotopic (exact) mass is 409 g/mol. The van der Waals surface area contributed by atoms with Gasteiger partial charge in [-0.1, -0.05) is 6.07 Å². The van der Waals surface area contributed by atoms with Gasteiger partial charge >= 0.3 is 6.09 Å². The summed E-state index contributed by atoms with van der Waals surface area (Å²) in [5.74, 6) is 1.81. The lowest BCUT2D eigenvalue weighted by molar-refractivity contribution is 0.0170. The number of ether oxygens (including phenoxy) is 2. The molecule has 1 saturated heterocycles. The third-order valence-electron chi connectivity index (χ3n) is 5.59. The van der Waals surface area contributed by atoms with Crippen molar-refractivity contribution in [2.24, 2.45) is 17.8 Å². The first-order valence-corrected chi connectivity index (χ1v) is 11.4. The SMILES string of the molecule is CSc1ccc(COC[C@@H]2C[C@@H]2C2CCN(C(=O)OC(C)(C)C)CC2)cc1F. The Balaban J connectivity index is 1.35. The predicted octanol–water partition coefficient (Wildman–Crippen LogP) is 5.35. The number of likely N-dealkylation sites (tertiary alicyclic amines) is 1. The van der Waals surface area contributed by atoms with Crippen LogP contribution in [0.4, 0.5) is 9.18 Å². The number of nitrogens with zero attached hydrogens (tertiary/aromatic N) is 1. The summed E-state index contributed by atoms with van der Waals surface area (Å²) in [7, 11) is 0. The topological polar surface area (TPSA) is 38.8 Å². The molecule has 0 unspecified atom stereocenters. The molecule has 6 heteroatoms. The lowest BCUT2D eigenvalue weighted by Gasteiger charge is -2.33. The van der Waals surface area contributed by atoms with Crippen molar-refractivity contribution in [3.8, 4) is 0 Å². The van der Waals surface area contributed by atoms with Gasteiger partial charge in [-0.05, 0) is 81.7 Å². The van der Waals surface area contributed by atoms with Crippen LogP contribution in [-0.2, 0) is 16.1 Å². The van der Waals surface area contributed by atoms with Gasteiger partial charge in [-0.2, -0.15) is 0 Å². The fourth-order valence-electron chi connectivity index (χ4n) is 4.00. The number of rotatable bonds is 6. The van der Waals surface area contributed by atoms with Gasteiger partial charge in [0.15, 0.2) is 0 Å². The summed E-state index contributed by atoms with van der Waals surface area (Å²) < 4.78 is 25.1. The number of piperidine rings is 1. The Hall–Kier alpha value is -1.27. The first kappa shape index (κ1) is 21.4. The second kappa shape index (κ2) is 9.04. The van der Waals surface area contributed by atoms with Gasteiger partial charge in [0.05, 0.1) is 13.2 Å². The van der Waals surface area contributed by atoms with Crippen LogP contribution in [-0.4, -0.2) is 42.5 Å². The highest BCUT2D eigenvalue weighted by molar-refractivity contribution is 7.98. The Morgan fingerprint density at radius 1 is 1.29 bits per heavy atom. The minimum Gasteiger partial charge on any atom is -0.444 e. The highest BCUT2D eigenvalue weighted by Gasteiger charge is 2.44. The Bertz CT molecular complexity index is 683. The summed E-state index contributed by atoms with van der Waals surface area (Å²) in [4.78, 5) is 14.7. The van der Waals surface area contributed by atoms with E-state index in [1.807, 2.05) is 44.1 Å². The maximum atomic E-state index is 13.8. The molecule has 2 atom stereocenters. The first-order valence-electron chi connectivity index (χ1n) is 10.1. The summed E-state index contributed by atoms with van der Waals surface area (Å²) in [6, 6.07) is 5.32. The molecule has 1 aromatic carbocycles. The third kappa shape index (κ3) is 5.86. The van der Waals surface area contributed by atoms with E-state index >= 15 is 0 Å². The number of hydrogen-bond acceptors (Lipinski definition) is 4. The average molecular weight is 410 g/mol. The van der Waals surface area contributed by atoms with Crippen LogP contribution in [0.15, 0.2) is 23.1 Å². The number of carbonyl (C=O) groups excluding carboxylic acids is 1. The van der Waals surface area contributed by atoms with Crippen LogP contribution in [0.1, 0.15) is 45.6 Å². The van der Waals surface area contributed by atoms with E-state index in [0.29, 0.717) is 29.3 Å². The Morgan fingerprint density at radius 3 is 2.61 bits per heavy atom. The van der Waals surface area contributed by atoms with E-state index in [-0.39, 0.29) is 11.9 Å². The molecule has 0 aromatic heterocycles. The molecule has 0 bridgehead atoms. The van der Waals surface area contributed by atoms with Crippen molar-refractivity contribution < 1.29 is 18.7 Å². The molecule has 0 spiro atoms. The van der Waals surface area contributed by atoms with Gasteiger partial charge in [-0.25, -0.2) is 9.18 Å². The van der Waals surface area contributed by atoms with Gasteiger partial charge < -0.3 is 14.4 Å². The lowest BCUT2D eigenvalue weighted by Crippen LogP contribution is -2.42. The maximum Gasteiger partial charge on any atom is 0.410 e. The highest BCUT2D eigenvalue weighted by atomic mass is 32.2. The molecule has 1 heterocycles. The van der Waals surface area contributed by atoms with Crippen LogP contribution in [0.25, 0.3) is 0 Å². The maximum absolute atomic E-state index is 13.8. The molecule has 1 aromatic rings. The summed E-state index contributed by atoms with van der Waals surface area (Å²) in [6.07, 6.45) is 4.97. The smallest absolute Gasteiger partial charge is 0.410 e. The van der Waals surface area contributed by atoms with Gasteiger partial charge in [0.1, 0.15) is 11.4 Å². The number of thioether (sulfide) groups is 1. The van der Waals surface area contributed by atoms with E-state index in [1.165, 1.54) is 18.2 Å². The molecule has 1 saturated carbocycles. The molecule has 2 fully saturated rings. The lowest BCUT2D eigenvalue weighted by atomic mass is 9.91. The zero-order valence-electron chi connectivity index (χ0n) is 17.4. The van der Waals surface area contributed by atoms with Crippen molar-refractivity contribution in [1.82, 2.24) is 4.90 Å². The standard InChI is InChI=1S/C22H32FNO3S/c1-22(2,3)27-21(25)24-9-7-16(8-10-24)18-12-17(18)14-26-13-15-5-6-20(28-4)19(23)11-15/h5-6,11,16-18H,7-10,12-14H2,1-4H3/t17-,18+/m0/s1. The van der Waals surface area contributed by atoms with Gasteiger partial charge in [0.2, 0.25) is 0 Å². The summed E-state index contributed by atoms with van der Waals surface area (Å²) in [5.41, 5.74) is 0.448. The Kier molecular flexibility index (Phi) is 6.92. The van der Waals surface area contributed by atoms with Crippen molar-refractivity contribution in [3.63, 3.8) is 0 Å². The third-order valence-corrected chi connectivity index (χ3v) is 6.36. The first-order chi connectivity index (χ1) is 13.3. The zero-order valence-corrected chi connectivity index (χ0v) is 18.2. The normalized spacial score (nSPS) is 23.0. The number of amides is 1. The predicted molar refractivity (Wildman–Crippen MR) is 110 cm³/mol. The van der Waals surface area contributed by atoms with Gasteiger partial charge in [0, 0.05) is 18.0 Å². The van der Waals surface area contributed by atoms with E-state index < -0.39 is 5.60 Å². The molecule has 28 heavy (non-hydrogen) atoms. The molecular formula is C22H32FNO3S. The molecule has 156 valence electrons. The van der Waals surface area contributed by atoms with Crippen molar-refractivity contribution >= 4 is 17.9 Å². The highest BCUT2D eigenvalue weighted by Crippen LogP contribution is 2.48. The van der Waals surface area contributed by atoms with Crippen molar-refractivity contribution in [2.75, 3.05) is 26.0 Å². The zero-order chi connectivity index (χ0) is 20.3. The minimum absolute atomic E-state index is 0.172. The van der Waals surface area contributed by atoms with Crippen molar-refractivity contribution in [1.29, 1.82) is 0 Å². The van der Waals surface area contributed by atoms with Crippen LogP contribution in [0.2, 0.25) is 0 Å². The second-order valence-electron chi connectivity index (χ2n) is 8.95. The van der Waals surface area contributed by atoms with Crippen LogP contribution in [0, 0.1) is 23.6 Å². The van der Waals surface area contributed by atoms with Crippen LogP contribution in [0.3, 0.4) is 0 Å². The molecular weight excluding hydrogens is 377 g/mol. The fraction of sp³-hybridized carbons (Fsp3) is 0.682. The second-order valence-corrected chi connectivity index (χ2v) is 9.80. The van der Waals surface area contributed by atoms with Crippen molar-refractivity contribution in [3.05, 3.63) is 29.6 Å². The molecule has 3 rings (SSSR count). The van der Waals surface area contributed by atoms with Crippen LogP contribution in [0.5, 0.6) is 0 Å². The molecule has 1 aliphatic carbocycles. The van der Waals surface area contributed by atoms with Crippen LogP contribution >= 0.6 is 11.8 Å². The largest absolute Gasteiger partial charge is 0.444 e. The van der Waals surface area contributed by atoms with E-state index in [9.17, 15) is 9.18 Å². The van der Waals surface area contributed by atoms with Gasteiger partial charge in [0.25, 0.3) is 0 Å². The quantitative estimate of drug-likeness (QED) is 0.594. The number of benzene rings is 1. The number of carbonyl (C=O) groups is 1. The van der Waals surface area contributed by atoms with E-state index in [0.717, 1.165) is 38.1 Å². The summed E-state index contributed by atoms with van der Waals surface area (Å²) in [5, 5.41) is 0. The number of hydrogen-bond donors (Lipinski definition) is 0. The minimum atomic E-state index is -0.439. The molecule has 0 radical (unpaired) electrons. The molecule has 1 aliphatic heterocycles. The summed E-state index contributed by atoms with van der Waals surface area (Å²) >= 11 is 1.42. The average Bonchev–Trinajstić information content (AvgIpc) is 3.40. The van der Waals surface area contributed by atoms with Crippen LogP contribution < -0.4 is 0 Å². The van der Waals surface area contributed by atoms with Gasteiger partial charge in [-0.3, -0.25) is 0 Å². The Labute approximate surface area is 172 Å². The van der Waals surface area contributed by atoms with E-state index in [2.05, 4.69) is 0 Å². The molecule has 4 nitrogen and oxygen atoms in total. The molecule has 0 N–H and O–H groups in total.